The molecule has 2 aliphatic heterocycles. The number of carbonyl (C=O) groups excluding carboxylic acids is 1. The van der Waals surface area contributed by atoms with E-state index in [0.29, 0.717) is 6.54 Å². The summed E-state index contributed by atoms with van der Waals surface area (Å²) in [5.74, 6) is 1.74. The smallest absolute Gasteiger partial charge is 0.308 e. The van der Waals surface area contributed by atoms with E-state index in [1.807, 2.05) is 12.1 Å². The van der Waals surface area contributed by atoms with Crippen molar-refractivity contribution in [3.05, 3.63) is 29.8 Å². The molecule has 1 N–H and O–H groups in total. The Labute approximate surface area is 209 Å². The molecule has 2 aliphatic rings. The number of hydrogen-bond acceptors (Lipinski definition) is 5. The summed E-state index contributed by atoms with van der Waals surface area (Å²) in [5, 5.41) is 3.46. The molecule has 1 atom stereocenters. The fourth-order valence-electron chi connectivity index (χ4n) is 4.58. The normalized spacial score (nSPS) is 19.1. The van der Waals surface area contributed by atoms with Gasteiger partial charge in [0.1, 0.15) is 5.75 Å². The van der Waals surface area contributed by atoms with E-state index < -0.39 is 0 Å². The number of rotatable bonds is 7. The van der Waals surface area contributed by atoms with E-state index in [0.717, 1.165) is 57.3 Å². The topological polar surface area (TPSA) is 66.4 Å². The van der Waals surface area contributed by atoms with E-state index in [2.05, 4.69) is 34.2 Å². The van der Waals surface area contributed by atoms with Crippen molar-refractivity contribution in [2.24, 2.45) is 10.9 Å². The molecule has 0 radical (unpaired) electrons. The van der Waals surface area contributed by atoms with E-state index in [-0.39, 0.29) is 41.9 Å². The lowest BCUT2D eigenvalue weighted by atomic mass is 9.97. The lowest BCUT2D eigenvalue weighted by Gasteiger charge is -2.36. The summed E-state index contributed by atoms with van der Waals surface area (Å²) in [5.41, 5.74) is 1.28. The second-order valence-electron chi connectivity index (χ2n) is 8.36. The Morgan fingerprint density at radius 3 is 2.31 bits per heavy atom. The van der Waals surface area contributed by atoms with Gasteiger partial charge in [-0.05, 0) is 63.4 Å². The molecule has 0 amide bonds. The van der Waals surface area contributed by atoms with Crippen molar-refractivity contribution >= 4 is 35.9 Å². The average molecular weight is 559 g/mol. The number of aliphatic imine (C=N–C) groups is 1. The number of benzene rings is 1. The zero-order valence-corrected chi connectivity index (χ0v) is 22.0. The molecule has 32 heavy (non-hydrogen) atoms. The van der Waals surface area contributed by atoms with Crippen LogP contribution in [0.1, 0.15) is 50.6 Å². The number of ether oxygens (including phenoxy) is 2. The van der Waals surface area contributed by atoms with Crippen molar-refractivity contribution in [3.63, 3.8) is 0 Å². The van der Waals surface area contributed by atoms with Gasteiger partial charge in [0.15, 0.2) is 5.96 Å². The SMILES string of the molecule is CCNC(=NCC(c1ccc(OC)cc1)N1CCCCC1)N1CCC(C(=O)OC)CC1.I. The van der Waals surface area contributed by atoms with Crippen molar-refractivity contribution in [2.45, 2.75) is 45.1 Å². The van der Waals surface area contributed by atoms with Crippen LogP contribution in [0.2, 0.25) is 0 Å². The van der Waals surface area contributed by atoms with Crippen molar-refractivity contribution in [2.75, 3.05) is 53.5 Å². The summed E-state index contributed by atoms with van der Waals surface area (Å²) in [6.07, 6.45) is 5.43. The molecule has 3 rings (SSSR count). The van der Waals surface area contributed by atoms with Crippen LogP contribution < -0.4 is 10.1 Å². The van der Waals surface area contributed by atoms with Gasteiger partial charge in [-0.15, -0.1) is 24.0 Å². The van der Waals surface area contributed by atoms with Gasteiger partial charge in [-0.25, -0.2) is 0 Å². The number of guanidine groups is 1. The first kappa shape index (κ1) is 26.7. The first-order valence-electron chi connectivity index (χ1n) is 11.6. The number of likely N-dealkylation sites (tertiary alicyclic amines) is 2. The Kier molecular flexibility index (Phi) is 11.6. The van der Waals surface area contributed by atoms with Crippen LogP contribution in [0.4, 0.5) is 0 Å². The summed E-state index contributed by atoms with van der Waals surface area (Å²) in [4.78, 5) is 21.8. The highest BCUT2D eigenvalue weighted by molar-refractivity contribution is 14.0. The number of methoxy groups -OCH3 is 2. The zero-order chi connectivity index (χ0) is 22.1. The molecule has 2 heterocycles. The molecule has 0 saturated carbocycles. The quantitative estimate of drug-likeness (QED) is 0.239. The summed E-state index contributed by atoms with van der Waals surface area (Å²) < 4.78 is 10.3. The monoisotopic (exact) mass is 558 g/mol. The zero-order valence-electron chi connectivity index (χ0n) is 19.7. The number of halogens is 1. The van der Waals surface area contributed by atoms with Gasteiger partial charge in [-0.3, -0.25) is 14.7 Å². The van der Waals surface area contributed by atoms with E-state index in [4.69, 9.17) is 14.5 Å². The number of hydrogen-bond donors (Lipinski definition) is 1. The molecule has 1 aromatic carbocycles. The Balaban J connectivity index is 0.00000363. The van der Waals surface area contributed by atoms with Gasteiger partial charge in [0.2, 0.25) is 0 Å². The van der Waals surface area contributed by atoms with Crippen LogP contribution in [0.5, 0.6) is 5.75 Å². The van der Waals surface area contributed by atoms with E-state index in [9.17, 15) is 4.79 Å². The first-order valence-corrected chi connectivity index (χ1v) is 11.6. The lowest BCUT2D eigenvalue weighted by Crippen LogP contribution is -2.47. The first-order chi connectivity index (χ1) is 15.2. The van der Waals surface area contributed by atoms with Crippen LogP contribution in [0.15, 0.2) is 29.3 Å². The van der Waals surface area contributed by atoms with E-state index >= 15 is 0 Å². The van der Waals surface area contributed by atoms with Crippen LogP contribution in [0.3, 0.4) is 0 Å². The number of nitrogens with zero attached hydrogens (tertiary/aromatic N) is 3. The molecular formula is C24H39IN4O3. The second kappa shape index (κ2) is 13.9. The van der Waals surface area contributed by atoms with Crippen LogP contribution in [0, 0.1) is 5.92 Å². The molecular weight excluding hydrogens is 519 g/mol. The Morgan fingerprint density at radius 2 is 1.75 bits per heavy atom. The van der Waals surface area contributed by atoms with Gasteiger partial charge < -0.3 is 19.7 Å². The van der Waals surface area contributed by atoms with Crippen molar-refractivity contribution < 1.29 is 14.3 Å². The van der Waals surface area contributed by atoms with Gasteiger partial charge in [0, 0.05) is 19.6 Å². The molecule has 180 valence electrons. The predicted octanol–water partition coefficient (Wildman–Crippen LogP) is 3.69. The average Bonchev–Trinajstić information content (AvgIpc) is 2.84. The molecule has 1 aromatic rings. The lowest BCUT2D eigenvalue weighted by molar-refractivity contribution is -0.146. The molecule has 2 saturated heterocycles. The maximum Gasteiger partial charge on any atom is 0.308 e. The molecule has 8 heteroatoms. The Morgan fingerprint density at radius 1 is 1.09 bits per heavy atom. The Bertz CT molecular complexity index is 714. The highest BCUT2D eigenvalue weighted by Crippen LogP contribution is 2.27. The third kappa shape index (κ3) is 7.23. The molecule has 0 spiro atoms. The molecule has 2 fully saturated rings. The summed E-state index contributed by atoms with van der Waals surface area (Å²) in [6.45, 7) is 7.52. The molecule has 7 nitrogen and oxygen atoms in total. The second-order valence-corrected chi connectivity index (χ2v) is 8.36. The summed E-state index contributed by atoms with van der Waals surface area (Å²) >= 11 is 0. The van der Waals surface area contributed by atoms with Crippen molar-refractivity contribution in [1.82, 2.24) is 15.1 Å². The number of esters is 1. The molecule has 1 unspecified atom stereocenters. The van der Waals surface area contributed by atoms with E-state index in [1.54, 1.807) is 7.11 Å². The highest BCUT2D eigenvalue weighted by Gasteiger charge is 2.28. The maximum absolute atomic E-state index is 11.9. The number of carbonyl (C=O) groups is 1. The van der Waals surface area contributed by atoms with Gasteiger partial charge in [0.05, 0.1) is 32.7 Å². The highest BCUT2D eigenvalue weighted by atomic mass is 127. The van der Waals surface area contributed by atoms with Crippen molar-refractivity contribution in [3.8, 4) is 5.75 Å². The largest absolute Gasteiger partial charge is 0.497 e. The fraction of sp³-hybridized carbons (Fsp3) is 0.667. The fourth-order valence-corrected chi connectivity index (χ4v) is 4.58. The molecule has 0 aliphatic carbocycles. The number of nitrogens with one attached hydrogen (secondary N) is 1. The minimum Gasteiger partial charge on any atom is -0.497 e. The predicted molar refractivity (Wildman–Crippen MR) is 139 cm³/mol. The van der Waals surface area contributed by atoms with Gasteiger partial charge in [-0.2, -0.15) is 0 Å². The van der Waals surface area contributed by atoms with Crippen LogP contribution in [-0.4, -0.2) is 75.2 Å². The summed E-state index contributed by atoms with van der Waals surface area (Å²) in [7, 11) is 3.17. The summed E-state index contributed by atoms with van der Waals surface area (Å²) in [6, 6.07) is 8.68. The van der Waals surface area contributed by atoms with E-state index in [1.165, 1.54) is 31.9 Å². The third-order valence-corrected chi connectivity index (χ3v) is 6.41. The molecule has 0 bridgehead atoms. The Hall–Kier alpha value is -1.55. The van der Waals surface area contributed by atoms with Crippen LogP contribution in [-0.2, 0) is 9.53 Å². The van der Waals surface area contributed by atoms with Crippen LogP contribution in [0.25, 0.3) is 0 Å². The maximum atomic E-state index is 11.9. The minimum atomic E-state index is -0.0914. The third-order valence-electron chi connectivity index (χ3n) is 6.41. The molecule has 0 aromatic heterocycles. The van der Waals surface area contributed by atoms with Crippen LogP contribution >= 0.6 is 24.0 Å². The van der Waals surface area contributed by atoms with Gasteiger partial charge >= 0.3 is 5.97 Å². The van der Waals surface area contributed by atoms with Gasteiger partial charge in [-0.1, -0.05) is 18.6 Å². The van der Waals surface area contributed by atoms with Crippen molar-refractivity contribution in [1.29, 1.82) is 0 Å². The standard InChI is InChI=1S/C24H38N4O3.HI/c1-4-25-24(28-16-12-20(13-17-28)23(29)31-3)26-18-22(27-14-6-5-7-15-27)19-8-10-21(30-2)11-9-19;/h8-11,20,22H,4-7,12-18H2,1-3H3,(H,25,26);1H. The number of piperidine rings is 2. The minimum absolute atomic E-state index is 0. The van der Waals surface area contributed by atoms with Gasteiger partial charge in [0.25, 0.3) is 0 Å².